The van der Waals surface area contributed by atoms with E-state index >= 15 is 0 Å². The highest BCUT2D eigenvalue weighted by molar-refractivity contribution is 7.08. The number of amides is 2. The van der Waals surface area contributed by atoms with Crippen LogP contribution in [0.15, 0.2) is 16.8 Å². The lowest BCUT2D eigenvalue weighted by Crippen LogP contribution is -2.45. The number of rotatable bonds is 3. The van der Waals surface area contributed by atoms with Crippen LogP contribution in [-0.2, 0) is 4.79 Å². The van der Waals surface area contributed by atoms with E-state index in [1.807, 2.05) is 26.6 Å². The Hall–Kier alpha value is -1.40. The average molecular weight is 350 g/mol. The van der Waals surface area contributed by atoms with Gasteiger partial charge in [0.25, 0.3) is 5.91 Å². The maximum atomic E-state index is 12.5. The first-order valence-electron chi connectivity index (χ1n) is 8.95. The fourth-order valence-electron chi connectivity index (χ4n) is 3.45. The van der Waals surface area contributed by atoms with E-state index in [-0.39, 0.29) is 11.8 Å². The number of nitrogens with zero attached hydrogens (tertiary/aromatic N) is 3. The van der Waals surface area contributed by atoms with E-state index < -0.39 is 0 Å². The summed E-state index contributed by atoms with van der Waals surface area (Å²) in [5.74, 6) is 1.11. The van der Waals surface area contributed by atoms with Crippen LogP contribution in [0.3, 0.4) is 0 Å². The second kappa shape index (κ2) is 8.12. The zero-order valence-electron chi connectivity index (χ0n) is 14.4. The molecule has 0 saturated carbocycles. The Bertz CT molecular complexity index is 553. The van der Waals surface area contributed by atoms with Crippen LogP contribution in [0, 0.1) is 5.92 Å². The number of hydrogen-bond donors (Lipinski definition) is 0. The molecule has 0 unspecified atom stereocenters. The molecule has 0 radical (unpaired) electrons. The molecule has 2 aliphatic rings. The van der Waals surface area contributed by atoms with Gasteiger partial charge in [-0.05, 0) is 36.6 Å². The van der Waals surface area contributed by atoms with E-state index in [9.17, 15) is 9.59 Å². The van der Waals surface area contributed by atoms with Crippen molar-refractivity contribution >= 4 is 23.2 Å². The Balaban J connectivity index is 1.48. The van der Waals surface area contributed by atoms with E-state index in [2.05, 4.69) is 11.8 Å². The van der Waals surface area contributed by atoms with Gasteiger partial charge in [0, 0.05) is 44.6 Å². The van der Waals surface area contributed by atoms with Gasteiger partial charge in [0.15, 0.2) is 0 Å². The van der Waals surface area contributed by atoms with Crippen LogP contribution in [-0.4, -0.2) is 72.3 Å². The number of hydrogen-bond acceptors (Lipinski definition) is 4. The minimum Gasteiger partial charge on any atom is -0.342 e. The van der Waals surface area contributed by atoms with E-state index in [4.69, 9.17) is 0 Å². The summed E-state index contributed by atoms with van der Waals surface area (Å²) in [5, 5.41) is 3.85. The summed E-state index contributed by atoms with van der Waals surface area (Å²) < 4.78 is 0. The highest BCUT2D eigenvalue weighted by Gasteiger charge is 2.25. The topological polar surface area (TPSA) is 43.9 Å². The Morgan fingerprint density at radius 2 is 1.88 bits per heavy atom. The second-order valence-corrected chi connectivity index (χ2v) is 7.78. The predicted molar refractivity (Wildman–Crippen MR) is 96.3 cm³/mol. The number of carbonyl (C=O) groups excluding carboxylic acids is 2. The first kappa shape index (κ1) is 17.4. The summed E-state index contributed by atoms with van der Waals surface area (Å²) in [4.78, 5) is 31.1. The van der Waals surface area contributed by atoms with E-state index in [1.54, 1.807) is 11.3 Å². The third kappa shape index (κ3) is 4.36. The van der Waals surface area contributed by atoms with Gasteiger partial charge in [0.2, 0.25) is 5.91 Å². The summed E-state index contributed by atoms with van der Waals surface area (Å²) in [6, 6.07) is 1.89. The zero-order chi connectivity index (χ0) is 16.9. The van der Waals surface area contributed by atoms with Crippen molar-refractivity contribution in [2.24, 2.45) is 5.92 Å². The largest absolute Gasteiger partial charge is 0.342 e. The van der Waals surface area contributed by atoms with Crippen LogP contribution in [0.4, 0.5) is 0 Å². The molecule has 0 aromatic carbocycles. The molecule has 0 aliphatic carbocycles. The standard InChI is InChI=1S/C18H27N3O2S/c1-15-3-8-20(9-4-15)17(22)13-19-6-2-7-21(11-10-19)18(23)16-5-12-24-14-16/h5,12,14-15H,2-4,6-11,13H2,1H3. The van der Waals surface area contributed by atoms with E-state index in [0.29, 0.717) is 13.1 Å². The lowest BCUT2D eigenvalue weighted by atomic mass is 9.99. The third-order valence-corrected chi connectivity index (χ3v) is 5.82. The van der Waals surface area contributed by atoms with Crippen LogP contribution in [0.2, 0.25) is 0 Å². The molecule has 24 heavy (non-hydrogen) atoms. The van der Waals surface area contributed by atoms with Gasteiger partial charge in [-0.15, -0.1) is 0 Å². The van der Waals surface area contributed by atoms with Crippen molar-refractivity contribution in [3.8, 4) is 0 Å². The van der Waals surface area contributed by atoms with Crippen molar-refractivity contribution in [3.63, 3.8) is 0 Å². The van der Waals surface area contributed by atoms with Crippen LogP contribution < -0.4 is 0 Å². The van der Waals surface area contributed by atoms with Gasteiger partial charge in [-0.25, -0.2) is 0 Å². The minimum absolute atomic E-state index is 0.120. The Morgan fingerprint density at radius 3 is 2.58 bits per heavy atom. The number of thiophene rings is 1. The van der Waals surface area contributed by atoms with Crippen LogP contribution >= 0.6 is 11.3 Å². The minimum atomic E-state index is 0.120. The fourth-order valence-corrected chi connectivity index (χ4v) is 4.08. The molecular formula is C18H27N3O2S. The molecular weight excluding hydrogens is 322 g/mol. The molecule has 2 saturated heterocycles. The molecule has 0 spiro atoms. The smallest absolute Gasteiger partial charge is 0.254 e. The molecule has 3 rings (SSSR count). The summed E-state index contributed by atoms with van der Waals surface area (Å²) in [6.07, 6.45) is 3.17. The molecule has 1 aromatic heterocycles. The number of piperidine rings is 1. The van der Waals surface area contributed by atoms with Crippen molar-refractivity contribution in [2.75, 3.05) is 45.8 Å². The highest BCUT2D eigenvalue weighted by atomic mass is 32.1. The Labute approximate surface area is 148 Å². The van der Waals surface area contributed by atoms with E-state index in [0.717, 1.165) is 63.5 Å². The van der Waals surface area contributed by atoms with Gasteiger partial charge in [-0.3, -0.25) is 14.5 Å². The van der Waals surface area contributed by atoms with Crippen LogP contribution in [0.5, 0.6) is 0 Å². The molecule has 6 heteroatoms. The third-order valence-electron chi connectivity index (χ3n) is 5.14. The molecule has 2 fully saturated rings. The van der Waals surface area contributed by atoms with Gasteiger partial charge in [-0.2, -0.15) is 11.3 Å². The summed E-state index contributed by atoms with van der Waals surface area (Å²) in [6.45, 7) is 7.71. The molecule has 2 aliphatic heterocycles. The van der Waals surface area contributed by atoms with Crippen molar-refractivity contribution in [2.45, 2.75) is 26.2 Å². The molecule has 132 valence electrons. The number of likely N-dealkylation sites (tertiary alicyclic amines) is 1. The average Bonchev–Trinajstić information content (AvgIpc) is 3.02. The second-order valence-electron chi connectivity index (χ2n) is 7.00. The van der Waals surface area contributed by atoms with Crippen molar-refractivity contribution < 1.29 is 9.59 Å². The normalized spacial score (nSPS) is 20.9. The fraction of sp³-hybridized carbons (Fsp3) is 0.667. The molecule has 3 heterocycles. The van der Waals surface area contributed by atoms with Crippen LogP contribution in [0.25, 0.3) is 0 Å². The maximum absolute atomic E-state index is 12.5. The SMILES string of the molecule is CC1CCN(C(=O)CN2CCCN(C(=O)c3ccsc3)CC2)CC1. The van der Waals surface area contributed by atoms with Crippen molar-refractivity contribution in [1.29, 1.82) is 0 Å². The monoisotopic (exact) mass is 349 g/mol. The molecule has 2 amide bonds. The summed E-state index contributed by atoms with van der Waals surface area (Å²) in [7, 11) is 0. The zero-order valence-corrected chi connectivity index (χ0v) is 15.3. The first-order chi connectivity index (χ1) is 11.6. The lowest BCUT2D eigenvalue weighted by molar-refractivity contribution is -0.133. The highest BCUT2D eigenvalue weighted by Crippen LogP contribution is 2.17. The Morgan fingerprint density at radius 1 is 1.08 bits per heavy atom. The van der Waals surface area contributed by atoms with Gasteiger partial charge in [-0.1, -0.05) is 6.92 Å². The molecule has 0 atom stereocenters. The molecule has 0 bridgehead atoms. The summed E-state index contributed by atoms with van der Waals surface area (Å²) in [5.41, 5.74) is 0.784. The molecule has 1 aromatic rings. The first-order valence-corrected chi connectivity index (χ1v) is 9.89. The summed E-state index contributed by atoms with van der Waals surface area (Å²) >= 11 is 1.55. The molecule has 0 N–H and O–H groups in total. The predicted octanol–water partition coefficient (Wildman–Crippen LogP) is 2.15. The van der Waals surface area contributed by atoms with Gasteiger partial charge < -0.3 is 9.80 Å². The van der Waals surface area contributed by atoms with Crippen molar-refractivity contribution in [3.05, 3.63) is 22.4 Å². The van der Waals surface area contributed by atoms with Gasteiger partial charge in [0.05, 0.1) is 12.1 Å². The number of carbonyl (C=O) groups is 2. The van der Waals surface area contributed by atoms with E-state index in [1.165, 1.54) is 0 Å². The Kier molecular flexibility index (Phi) is 5.89. The van der Waals surface area contributed by atoms with Crippen molar-refractivity contribution in [1.82, 2.24) is 14.7 Å². The van der Waals surface area contributed by atoms with Crippen LogP contribution in [0.1, 0.15) is 36.5 Å². The maximum Gasteiger partial charge on any atom is 0.254 e. The molecule has 5 nitrogen and oxygen atoms in total. The van der Waals surface area contributed by atoms with Gasteiger partial charge >= 0.3 is 0 Å². The lowest BCUT2D eigenvalue weighted by Gasteiger charge is -2.32. The van der Waals surface area contributed by atoms with Gasteiger partial charge in [0.1, 0.15) is 0 Å². The quantitative estimate of drug-likeness (QED) is 0.840.